The van der Waals surface area contributed by atoms with E-state index in [1.165, 1.54) is 24.0 Å². The molecular formula is C17H25Cl2N3O. The number of carbonyl (C=O) groups is 1. The van der Waals surface area contributed by atoms with Gasteiger partial charge in [0.05, 0.1) is 6.04 Å². The van der Waals surface area contributed by atoms with E-state index in [1.54, 1.807) is 0 Å². The molecule has 1 aliphatic carbocycles. The standard InChI is InChI=1S/C17H23N3O.2ClH/c21-17(20-9-7-19(8-10-20)15-5-6-15)16-11-13-3-1-2-4-14(13)12-18-16;;/h1-4,15-16,18H,5-12H2;2*1H. The van der Waals surface area contributed by atoms with Gasteiger partial charge in [-0.2, -0.15) is 0 Å². The van der Waals surface area contributed by atoms with Crippen LogP contribution in [0.15, 0.2) is 24.3 Å². The number of amides is 1. The number of carbonyl (C=O) groups excluding carboxylic acids is 1. The minimum absolute atomic E-state index is 0. The molecule has 0 aromatic heterocycles. The quantitative estimate of drug-likeness (QED) is 0.877. The second kappa shape index (κ2) is 7.84. The van der Waals surface area contributed by atoms with Gasteiger partial charge in [0.25, 0.3) is 0 Å². The number of rotatable bonds is 2. The van der Waals surface area contributed by atoms with E-state index in [4.69, 9.17) is 0 Å². The van der Waals surface area contributed by atoms with E-state index in [9.17, 15) is 4.79 Å². The third-order valence-electron chi connectivity index (χ3n) is 5.07. The van der Waals surface area contributed by atoms with Crippen molar-refractivity contribution in [2.45, 2.75) is 37.9 Å². The Balaban J connectivity index is 0.000000960. The Morgan fingerprint density at radius 1 is 1.00 bits per heavy atom. The highest BCUT2D eigenvalue weighted by molar-refractivity contribution is 5.85. The Bertz CT molecular complexity index is 542. The maximum absolute atomic E-state index is 12.7. The number of fused-ring (bicyclic) bond motifs is 1. The first-order valence-corrected chi connectivity index (χ1v) is 8.14. The predicted molar refractivity (Wildman–Crippen MR) is 96.4 cm³/mol. The number of benzene rings is 1. The van der Waals surface area contributed by atoms with Crippen LogP contribution in [-0.2, 0) is 17.8 Å². The molecule has 4 nitrogen and oxygen atoms in total. The number of nitrogens with one attached hydrogen (secondary N) is 1. The van der Waals surface area contributed by atoms with Gasteiger partial charge in [0.2, 0.25) is 5.91 Å². The molecule has 128 valence electrons. The average Bonchev–Trinajstić information content (AvgIpc) is 3.39. The molecule has 1 aromatic rings. The third kappa shape index (κ3) is 4.00. The van der Waals surface area contributed by atoms with Crippen LogP contribution in [0.5, 0.6) is 0 Å². The Morgan fingerprint density at radius 2 is 1.65 bits per heavy atom. The van der Waals surface area contributed by atoms with Crippen molar-refractivity contribution in [1.82, 2.24) is 15.1 Å². The molecule has 0 spiro atoms. The zero-order valence-corrected chi connectivity index (χ0v) is 14.9. The highest BCUT2D eigenvalue weighted by atomic mass is 35.5. The van der Waals surface area contributed by atoms with E-state index in [0.717, 1.165) is 45.2 Å². The van der Waals surface area contributed by atoms with Crippen LogP contribution in [0.4, 0.5) is 0 Å². The smallest absolute Gasteiger partial charge is 0.240 e. The number of halogens is 2. The van der Waals surface area contributed by atoms with Gasteiger partial charge in [-0.05, 0) is 30.4 Å². The van der Waals surface area contributed by atoms with Gasteiger partial charge in [-0.15, -0.1) is 24.8 Å². The van der Waals surface area contributed by atoms with Gasteiger partial charge in [0, 0.05) is 38.8 Å². The highest BCUT2D eigenvalue weighted by Crippen LogP contribution is 2.27. The summed E-state index contributed by atoms with van der Waals surface area (Å²) in [5, 5.41) is 3.41. The molecule has 1 N–H and O–H groups in total. The molecule has 1 amide bonds. The lowest BCUT2D eigenvalue weighted by Crippen LogP contribution is -2.55. The Kier molecular flexibility index (Phi) is 6.32. The maximum atomic E-state index is 12.7. The monoisotopic (exact) mass is 357 g/mol. The molecule has 0 bridgehead atoms. The third-order valence-corrected chi connectivity index (χ3v) is 5.07. The lowest BCUT2D eigenvalue weighted by atomic mass is 9.95. The minimum Gasteiger partial charge on any atom is -0.339 e. The number of hydrogen-bond acceptors (Lipinski definition) is 3. The van der Waals surface area contributed by atoms with Crippen LogP contribution in [0, 0.1) is 0 Å². The van der Waals surface area contributed by atoms with E-state index in [1.807, 2.05) is 0 Å². The molecule has 1 aromatic carbocycles. The van der Waals surface area contributed by atoms with Gasteiger partial charge in [0.1, 0.15) is 0 Å². The van der Waals surface area contributed by atoms with Crippen molar-refractivity contribution >= 4 is 30.7 Å². The summed E-state index contributed by atoms with van der Waals surface area (Å²) in [6.45, 7) is 4.72. The summed E-state index contributed by atoms with van der Waals surface area (Å²) >= 11 is 0. The molecule has 0 radical (unpaired) electrons. The van der Waals surface area contributed by atoms with Gasteiger partial charge in [-0.3, -0.25) is 9.69 Å². The zero-order valence-electron chi connectivity index (χ0n) is 13.2. The largest absolute Gasteiger partial charge is 0.339 e. The Morgan fingerprint density at radius 3 is 2.30 bits per heavy atom. The van der Waals surface area contributed by atoms with E-state index in [-0.39, 0.29) is 30.9 Å². The highest BCUT2D eigenvalue weighted by Gasteiger charge is 2.34. The first-order valence-electron chi connectivity index (χ1n) is 8.14. The van der Waals surface area contributed by atoms with Crippen molar-refractivity contribution in [3.63, 3.8) is 0 Å². The Labute approximate surface area is 150 Å². The minimum atomic E-state index is -0.0348. The number of piperazine rings is 1. The molecule has 1 saturated carbocycles. The van der Waals surface area contributed by atoms with Crippen LogP contribution in [0.2, 0.25) is 0 Å². The molecule has 2 fully saturated rings. The van der Waals surface area contributed by atoms with E-state index >= 15 is 0 Å². The molecule has 1 atom stereocenters. The second-order valence-electron chi connectivity index (χ2n) is 6.50. The molecule has 1 unspecified atom stereocenters. The lowest BCUT2D eigenvalue weighted by Gasteiger charge is -2.37. The van der Waals surface area contributed by atoms with Crippen molar-refractivity contribution in [2.24, 2.45) is 0 Å². The summed E-state index contributed by atoms with van der Waals surface area (Å²) in [6, 6.07) is 9.23. The van der Waals surface area contributed by atoms with Crippen molar-refractivity contribution in [3.05, 3.63) is 35.4 Å². The predicted octanol–water partition coefficient (Wildman–Crippen LogP) is 1.85. The molecule has 3 aliphatic rings. The summed E-state index contributed by atoms with van der Waals surface area (Å²) in [6.07, 6.45) is 3.54. The van der Waals surface area contributed by atoms with E-state index in [2.05, 4.69) is 39.4 Å². The molecule has 6 heteroatoms. The zero-order chi connectivity index (χ0) is 14.2. The fourth-order valence-corrected chi connectivity index (χ4v) is 3.60. The maximum Gasteiger partial charge on any atom is 0.240 e. The first-order chi connectivity index (χ1) is 10.3. The van der Waals surface area contributed by atoms with Crippen molar-refractivity contribution in [3.8, 4) is 0 Å². The lowest BCUT2D eigenvalue weighted by molar-refractivity contribution is -0.135. The normalized spacial score (nSPS) is 24.2. The summed E-state index contributed by atoms with van der Waals surface area (Å²) in [7, 11) is 0. The number of nitrogens with zero attached hydrogens (tertiary/aromatic N) is 2. The fourth-order valence-electron chi connectivity index (χ4n) is 3.60. The summed E-state index contributed by atoms with van der Waals surface area (Å²) in [4.78, 5) is 17.3. The van der Waals surface area contributed by atoms with Crippen LogP contribution < -0.4 is 5.32 Å². The van der Waals surface area contributed by atoms with E-state index in [0.29, 0.717) is 5.91 Å². The van der Waals surface area contributed by atoms with Crippen molar-refractivity contribution in [1.29, 1.82) is 0 Å². The van der Waals surface area contributed by atoms with Crippen LogP contribution >= 0.6 is 24.8 Å². The van der Waals surface area contributed by atoms with Gasteiger partial charge < -0.3 is 10.2 Å². The molecular weight excluding hydrogens is 333 g/mol. The average molecular weight is 358 g/mol. The second-order valence-corrected chi connectivity index (χ2v) is 6.50. The number of hydrogen-bond donors (Lipinski definition) is 1. The molecule has 4 rings (SSSR count). The van der Waals surface area contributed by atoms with Crippen molar-refractivity contribution in [2.75, 3.05) is 26.2 Å². The van der Waals surface area contributed by atoms with Crippen LogP contribution in [0.25, 0.3) is 0 Å². The molecule has 2 heterocycles. The summed E-state index contributed by atoms with van der Waals surface area (Å²) in [5.74, 6) is 0.292. The first kappa shape index (κ1) is 18.5. The van der Waals surface area contributed by atoms with Gasteiger partial charge in [-0.25, -0.2) is 0 Å². The van der Waals surface area contributed by atoms with E-state index < -0.39 is 0 Å². The van der Waals surface area contributed by atoms with Crippen molar-refractivity contribution < 1.29 is 4.79 Å². The van der Waals surface area contributed by atoms with Gasteiger partial charge in [0.15, 0.2) is 0 Å². The fraction of sp³-hybridized carbons (Fsp3) is 0.588. The molecule has 1 saturated heterocycles. The van der Waals surface area contributed by atoms with Gasteiger partial charge in [-0.1, -0.05) is 24.3 Å². The topological polar surface area (TPSA) is 35.6 Å². The van der Waals surface area contributed by atoms with Gasteiger partial charge >= 0.3 is 0 Å². The summed E-state index contributed by atoms with van der Waals surface area (Å²) < 4.78 is 0. The molecule has 23 heavy (non-hydrogen) atoms. The Hall–Kier alpha value is -0.810. The summed E-state index contributed by atoms with van der Waals surface area (Å²) in [5.41, 5.74) is 2.66. The van der Waals surface area contributed by atoms with Crippen LogP contribution in [-0.4, -0.2) is 54.0 Å². The SMILES string of the molecule is Cl.Cl.O=C(C1Cc2ccccc2CN1)N1CCN(C2CC2)CC1. The molecule has 2 aliphatic heterocycles. The van der Waals surface area contributed by atoms with Crippen LogP contribution in [0.1, 0.15) is 24.0 Å². The van der Waals surface area contributed by atoms with Crippen LogP contribution in [0.3, 0.4) is 0 Å².